The standard InChI is InChI=1S/C8H16N2S/c1-11-10-5-3-7-2-4-9-8(7)6-10/h7-9H,2-6H2,1H3/t7-,8+/m1/s1. The Morgan fingerprint density at radius 2 is 2.36 bits per heavy atom. The SMILES string of the molecule is CSN1CC[C@H]2CCN[C@H]2C1. The fourth-order valence-electron chi connectivity index (χ4n) is 2.17. The van der Waals surface area contributed by atoms with Crippen molar-refractivity contribution in [1.29, 1.82) is 0 Å². The fraction of sp³-hybridized carbons (Fsp3) is 1.00. The van der Waals surface area contributed by atoms with Gasteiger partial charge in [-0.15, -0.1) is 0 Å². The van der Waals surface area contributed by atoms with Crippen molar-refractivity contribution in [1.82, 2.24) is 9.62 Å². The van der Waals surface area contributed by atoms with Gasteiger partial charge in [0, 0.05) is 19.1 Å². The van der Waals surface area contributed by atoms with Crippen molar-refractivity contribution in [2.45, 2.75) is 18.9 Å². The van der Waals surface area contributed by atoms with Crippen LogP contribution in [0.1, 0.15) is 12.8 Å². The molecule has 0 aromatic carbocycles. The molecule has 2 rings (SSSR count). The molecule has 2 aliphatic rings. The molecule has 0 radical (unpaired) electrons. The van der Waals surface area contributed by atoms with Crippen LogP contribution in [0.4, 0.5) is 0 Å². The van der Waals surface area contributed by atoms with Crippen LogP contribution in [-0.2, 0) is 0 Å². The molecule has 0 saturated carbocycles. The molecule has 11 heavy (non-hydrogen) atoms. The van der Waals surface area contributed by atoms with E-state index in [0.717, 1.165) is 12.0 Å². The normalized spacial score (nSPS) is 39.0. The van der Waals surface area contributed by atoms with Crippen LogP contribution in [0.5, 0.6) is 0 Å². The predicted molar refractivity (Wildman–Crippen MR) is 49.6 cm³/mol. The minimum absolute atomic E-state index is 0.802. The van der Waals surface area contributed by atoms with E-state index in [-0.39, 0.29) is 0 Å². The minimum Gasteiger partial charge on any atom is -0.312 e. The highest BCUT2D eigenvalue weighted by Crippen LogP contribution is 2.27. The van der Waals surface area contributed by atoms with Crippen LogP contribution in [-0.4, -0.2) is 36.2 Å². The van der Waals surface area contributed by atoms with Gasteiger partial charge in [-0.2, -0.15) is 0 Å². The Morgan fingerprint density at radius 3 is 3.18 bits per heavy atom. The highest BCUT2D eigenvalue weighted by molar-refractivity contribution is 7.96. The zero-order valence-corrected chi connectivity index (χ0v) is 7.86. The van der Waals surface area contributed by atoms with E-state index in [9.17, 15) is 0 Å². The Hall–Kier alpha value is 0.270. The van der Waals surface area contributed by atoms with E-state index >= 15 is 0 Å². The van der Waals surface area contributed by atoms with Crippen LogP contribution < -0.4 is 5.32 Å². The second-order valence-electron chi connectivity index (χ2n) is 3.47. The quantitative estimate of drug-likeness (QED) is 0.593. The first-order valence-corrected chi connectivity index (χ1v) is 5.61. The molecule has 2 saturated heterocycles. The highest BCUT2D eigenvalue weighted by atomic mass is 32.2. The summed E-state index contributed by atoms with van der Waals surface area (Å²) < 4.78 is 2.47. The van der Waals surface area contributed by atoms with Gasteiger partial charge in [-0.25, -0.2) is 4.31 Å². The first kappa shape index (κ1) is 7.90. The lowest BCUT2D eigenvalue weighted by atomic mass is 9.94. The van der Waals surface area contributed by atoms with Gasteiger partial charge in [0.05, 0.1) is 0 Å². The average Bonchev–Trinajstić information content (AvgIpc) is 2.50. The van der Waals surface area contributed by atoms with Crippen LogP contribution in [0.15, 0.2) is 0 Å². The Morgan fingerprint density at radius 1 is 1.45 bits per heavy atom. The summed E-state index contributed by atoms with van der Waals surface area (Å²) in [4.78, 5) is 0. The summed E-state index contributed by atoms with van der Waals surface area (Å²) in [6.45, 7) is 3.80. The van der Waals surface area contributed by atoms with Crippen LogP contribution >= 0.6 is 11.9 Å². The van der Waals surface area contributed by atoms with E-state index in [1.807, 2.05) is 11.9 Å². The third kappa shape index (κ3) is 1.55. The maximum atomic E-state index is 3.57. The lowest BCUT2D eigenvalue weighted by Crippen LogP contribution is -2.43. The van der Waals surface area contributed by atoms with Gasteiger partial charge < -0.3 is 5.32 Å². The van der Waals surface area contributed by atoms with Gasteiger partial charge in [0.15, 0.2) is 0 Å². The van der Waals surface area contributed by atoms with Gasteiger partial charge in [0.25, 0.3) is 0 Å². The third-order valence-corrected chi connectivity index (χ3v) is 3.75. The first-order valence-electron chi connectivity index (χ1n) is 4.42. The van der Waals surface area contributed by atoms with E-state index in [0.29, 0.717) is 0 Å². The fourth-order valence-corrected chi connectivity index (χ4v) is 2.77. The van der Waals surface area contributed by atoms with Crippen LogP contribution in [0.2, 0.25) is 0 Å². The third-order valence-electron chi connectivity index (χ3n) is 2.90. The largest absolute Gasteiger partial charge is 0.312 e. The number of fused-ring (bicyclic) bond motifs is 1. The van der Waals surface area contributed by atoms with Gasteiger partial charge in [-0.1, -0.05) is 11.9 Å². The summed E-state index contributed by atoms with van der Waals surface area (Å²) >= 11 is 1.89. The highest BCUT2D eigenvalue weighted by Gasteiger charge is 2.31. The Labute approximate surface area is 72.9 Å². The zero-order valence-electron chi connectivity index (χ0n) is 7.05. The lowest BCUT2D eigenvalue weighted by molar-refractivity contribution is 0.265. The molecular weight excluding hydrogens is 156 g/mol. The molecule has 1 N–H and O–H groups in total. The van der Waals surface area contributed by atoms with E-state index in [2.05, 4.69) is 15.9 Å². The number of hydrogen-bond donors (Lipinski definition) is 1. The number of hydrogen-bond acceptors (Lipinski definition) is 3. The molecule has 2 fully saturated rings. The predicted octanol–water partition coefficient (Wildman–Crippen LogP) is 0.948. The second kappa shape index (κ2) is 3.33. The molecule has 0 aliphatic carbocycles. The van der Waals surface area contributed by atoms with Crippen molar-refractivity contribution in [3.63, 3.8) is 0 Å². The molecule has 64 valence electrons. The molecule has 0 aromatic rings. The van der Waals surface area contributed by atoms with Gasteiger partial charge in [0.1, 0.15) is 0 Å². The van der Waals surface area contributed by atoms with Gasteiger partial charge in [-0.3, -0.25) is 0 Å². The van der Waals surface area contributed by atoms with Crippen LogP contribution in [0.25, 0.3) is 0 Å². The summed E-state index contributed by atoms with van der Waals surface area (Å²) in [5.41, 5.74) is 0. The summed E-state index contributed by atoms with van der Waals surface area (Å²) in [6, 6.07) is 0.802. The summed E-state index contributed by atoms with van der Waals surface area (Å²) in [6.07, 6.45) is 4.99. The molecule has 2 atom stereocenters. The van der Waals surface area contributed by atoms with Crippen molar-refractivity contribution < 1.29 is 0 Å². The van der Waals surface area contributed by atoms with E-state index in [1.165, 1.54) is 32.5 Å². The van der Waals surface area contributed by atoms with Crippen LogP contribution in [0, 0.1) is 5.92 Å². The second-order valence-corrected chi connectivity index (χ2v) is 4.35. The molecule has 0 amide bonds. The Bertz CT molecular complexity index is 140. The molecular formula is C8H16N2S. The van der Waals surface area contributed by atoms with Crippen LogP contribution in [0.3, 0.4) is 0 Å². The summed E-state index contributed by atoms with van der Waals surface area (Å²) in [5.74, 6) is 0.985. The average molecular weight is 172 g/mol. The topological polar surface area (TPSA) is 15.3 Å². The molecule has 0 spiro atoms. The molecule has 2 heterocycles. The Balaban J connectivity index is 1.91. The minimum atomic E-state index is 0.802. The lowest BCUT2D eigenvalue weighted by Gasteiger charge is -2.32. The number of nitrogens with zero attached hydrogens (tertiary/aromatic N) is 1. The van der Waals surface area contributed by atoms with E-state index in [1.54, 1.807) is 0 Å². The van der Waals surface area contributed by atoms with Crippen molar-refractivity contribution in [3.05, 3.63) is 0 Å². The Kier molecular flexibility index (Phi) is 2.39. The van der Waals surface area contributed by atoms with Gasteiger partial charge in [0.2, 0.25) is 0 Å². The number of nitrogens with one attached hydrogen (secondary N) is 1. The molecule has 0 unspecified atom stereocenters. The van der Waals surface area contributed by atoms with Crippen molar-refractivity contribution >= 4 is 11.9 Å². The monoisotopic (exact) mass is 172 g/mol. The molecule has 3 heteroatoms. The van der Waals surface area contributed by atoms with Crippen molar-refractivity contribution in [3.8, 4) is 0 Å². The summed E-state index contributed by atoms with van der Waals surface area (Å²) in [5, 5.41) is 3.57. The number of piperidine rings is 1. The molecule has 0 bridgehead atoms. The molecule has 0 aromatic heterocycles. The molecule has 2 nitrogen and oxygen atoms in total. The molecule has 2 aliphatic heterocycles. The smallest absolute Gasteiger partial charge is 0.0246 e. The van der Waals surface area contributed by atoms with E-state index < -0.39 is 0 Å². The van der Waals surface area contributed by atoms with Gasteiger partial charge in [-0.05, 0) is 31.6 Å². The maximum absolute atomic E-state index is 3.57. The van der Waals surface area contributed by atoms with Crippen molar-refractivity contribution in [2.75, 3.05) is 25.9 Å². The van der Waals surface area contributed by atoms with Gasteiger partial charge >= 0.3 is 0 Å². The summed E-state index contributed by atoms with van der Waals surface area (Å²) in [7, 11) is 0. The zero-order chi connectivity index (χ0) is 7.68. The first-order chi connectivity index (χ1) is 5.40. The maximum Gasteiger partial charge on any atom is 0.0246 e. The van der Waals surface area contributed by atoms with Crippen molar-refractivity contribution in [2.24, 2.45) is 5.92 Å². The number of rotatable bonds is 1. The van der Waals surface area contributed by atoms with E-state index in [4.69, 9.17) is 0 Å².